The summed E-state index contributed by atoms with van der Waals surface area (Å²) < 4.78 is 2.06. The van der Waals surface area contributed by atoms with Gasteiger partial charge in [0, 0.05) is 23.7 Å². The molecular formula is C12H13N3O. The monoisotopic (exact) mass is 215 g/mol. The highest BCUT2D eigenvalue weighted by Gasteiger charge is 2.23. The number of nitrogen functional groups attached to an aromatic ring is 1. The maximum atomic E-state index is 11.7. The van der Waals surface area contributed by atoms with Crippen molar-refractivity contribution in [2.24, 2.45) is 0 Å². The van der Waals surface area contributed by atoms with Crippen molar-refractivity contribution in [1.29, 1.82) is 0 Å². The molecule has 4 nitrogen and oxygen atoms in total. The van der Waals surface area contributed by atoms with Crippen LogP contribution in [0.5, 0.6) is 0 Å². The third-order valence-electron chi connectivity index (χ3n) is 3.10. The molecule has 0 saturated carbocycles. The molecule has 1 aromatic heterocycles. The van der Waals surface area contributed by atoms with Crippen LogP contribution >= 0.6 is 0 Å². The van der Waals surface area contributed by atoms with Crippen LogP contribution in [0.1, 0.15) is 23.5 Å². The van der Waals surface area contributed by atoms with E-state index in [-0.39, 0.29) is 11.9 Å². The molecule has 0 radical (unpaired) electrons. The third kappa shape index (κ3) is 1.13. The summed E-state index contributed by atoms with van der Waals surface area (Å²) in [5.74, 6) is -0.00660. The normalized spacial score (nSPS) is 19.6. The predicted octanol–water partition coefficient (Wildman–Crippen LogP) is 1.53. The van der Waals surface area contributed by atoms with Crippen LogP contribution in [0.3, 0.4) is 0 Å². The van der Waals surface area contributed by atoms with Crippen LogP contribution in [-0.2, 0) is 0 Å². The number of carbonyl (C=O) groups is 1. The van der Waals surface area contributed by atoms with E-state index in [4.69, 9.17) is 5.73 Å². The standard InChI is InChI=1S/C12H13N3O/c1-7-6-14-12(16)11-4-8-2-3-9(13)5-10(8)15(7)11/h2-5,7H,6,13H2,1H3,(H,14,16)/t7-/m1/s1. The first kappa shape index (κ1) is 9.27. The molecule has 2 aromatic rings. The molecule has 1 aromatic carbocycles. The Bertz CT molecular complexity index is 585. The van der Waals surface area contributed by atoms with Gasteiger partial charge in [-0.2, -0.15) is 0 Å². The molecule has 0 fully saturated rings. The quantitative estimate of drug-likeness (QED) is 0.655. The minimum atomic E-state index is -0.00660. The number of hydrogen-bond acceptors (Lipinski definition) is 2. The van der Waals surface area contributed by atoms with Crippen LogP contribution in [0.25, 0.3) is 10.9 Å². The first-order chi connectivity index (χ1) is 7.66. The number of aromatic nitrogens is 1. The summed E-state index contributed by atoms with van der Waals surface area (Å²) in [4.78, 5) is 11.7. The maximum absolute atomic E-state index is 11.7. The van der Waals surface area contributed by atoms with E-state index in [1.165, 1.54) is 0 Å². The molecule has 82 valence electrons. The SMILES string of the molecule is C[C@@H]1CNC(=O)c2cc3ccc(N)cc3n21. The van der Waals surface area contributed by atoms with Crippen LogP contribution in [0.2, 0.25) is 0 Å². The van der Waals surface area contributed by atoms with Crippen molar-refractivity contribution in [2.45, 2.75) is 13.0 Å². The van der Waals surface area contributed by atoms with E-state index in [0.29, 0.717) is 6.54 Å². The number of amides is 1. The molecule has 16 heavy (non-hydrogen) atoms. The van der Waals surface area contributed by atoms with E-state index < -0.39 is 0 Å². The van der Waals surface area contributed by atoms with Crippen molar-refractivity contribution in [3.8, 4) is 0 Å². The van der Waals surface area contributed by atoms with Gasteiger partial charge in [0.05, 0.1) is 5.52 Å². The molecule has 3 N–H and O–H groups in total. The topological polar surface area (TPSA) is 60.1 Å². The first-order valence-electron chi connectivity index (χ1n) is 5.35. The summed E-state index contributed by atoms with van der Waals surface area (Å²) in [5.41, 5.74) is 8.27. The lowest BCUT2D eigenvalue weighted by Crippen LogP contribution is -2.37. The Kier molecular flexibility index (Phi) is 1.74. The summed E-state index contributed by atoms with van der Waals surface area (Å²) >= 11 is 0. The minimum absolute atomic E-state index is 0.00660. The van der Waals surface area contributed by atoms with E-state index in [0.717, 1.165) is 22.3 Å². The summed E-state index contributed by atoms with van der Waals surface area (Å²) in [6, 6.07) is 7.92. The molecule has 0 aliphatic carbocycles. The van der Waals surface area contributed by atoms with Crippen LogP contribution < -0.4 is 11.1 Å². The number of anilines is 1. The van der Waals surface area contributed by atoms with Crippen molar-refractivity contribution in [1.82, 2.24) is 9.88 Å². The van der Waals surface area contributed by atoms with Gasteiger partial charge in [-0.1, -0.05) is 6.07 Å². The Morgan fingerprint density at radius 2 is 2.25 bits per heavy atom. The fourth-order valence-electron chi connectivity index (χ4n) is 2.31. The van der Waals surface area contributed by atoms with E-state index in [9.17, 15) is 4.79 Å². The first-order valence-corrected chi connectivity index (χ1v) is 5.35. The second-order valence-electron chi connectivity index (χ2n) is 4.28. The summed E-state index contributed by atoms with van der Waals surface area (Å²) in [6.45, 7) is 2.76. The Labute approximate surface area is 93.0 Å². The van der Waals surface area contributed by atoms with Gasteiger partial charge in [-0.3, -0.25) is 4.79 Å². The number of fused-ring (bicyclic) bond motifs is 3. The zero-order valence-electron chi connectivity index (χ0n) is 9.03. The summed E-state index contributed by atoms with van der Waals surface area (Å²) in [6.07, 6.45) is 0. The van der Waals surface area contributed by atoms with Gasteiger partial charge in [0.2, 0.25) is 0 Å². The molecule has 0 unspecified atom stereocenters. The van der Waals surface area contributed by atoms with Crippen LogP contribution in [0.15, 0.2) is 24.3 Å². The zero-order chi connectivity index (χ0) is 11.3. The van der Waals surface area contributed by atoms with Crippen molar-refractivity contribution >= 4 is 22.5 Å². The Balaban J connectivity index is 2.38. The fourth-order valence-corrected chi connectivity index (χ4v) is 2.31. The lowest BCUT2D eigenvalue weighted by Gasteiger charge is -2.24. The molecule has 1 aliphatic rings. The van der Waals surface area contributed by atoms with Gasteiger partial charge in [0.25, 0.3) is 5.91 Å². The number of nitrogens with one attached hydrogen (secondary N) is 1. The van der Waals surface area contributed by atoms with Crippen molar-refractivity contribution in [2.75, 3.05) is 12.3 Å². The number of nitrogens with two attached hydrogens (primary N) is 1. The average molecular weight is 215 g/mol. The second-order valence-corrected chi connectivity index (χ2v) is 4.28. The Morgan fingerprint density at radius 3 is 3.06 bits per heavy atom. The molecule has 2 heterocycles. The van der Waals surface area contributed by atoms with Crippen LogP contribution in [0.4, 0.5) is 5.69 Å². The van der Waals surface area contributed by atoms with Gasteiger partial charge in [-0.15, -0.1) is 0 Å². The number of carbonyl (C=O) groups excluding carboxylic acids is 1. The maximum Gasteiger partial charge on any atom is 0.268 e. The Morgan fingerprint density at radius 1 is 1.44 bits per heavy atom. The third-order valence-corrected chi connectivity index (χ3v) is 3.10. The van der Waals surface area contributed by atoms with Gasteiger partial charge in [0.1, 0.15) is 5.69 Å². The molecule has 0 bridgehead atoms. The number of benzene rings is 1. The lowest BCUT2D eigenvalue weighted by molar-refractivity contribution is 0.0919. The summed E-state index contributed by atoms with van der Waals surface area (Å²) in [7, 11) is 0. The largest absolute Gasteiger partial charge is 0.399 e. The van der Waals surface area contributed by atoms with Gasteiger partial charge in [0.15, 0.2) is 0 Å². The van der Waals surface area contributed by atoms with E-state index in [1.54, 1.807) is 0 Å². The molecule has 1 amide bonds. The van der Waals surface area contributed by atoms with E-state index in [1.807, 2.05) is 24.3 Å². The molecule has 3 rings (SSSR count). The predicted molar refractivity (Wildman–Crippen MR) is 63.4 cm³/mol. The fraction of sp³-hybridized carbons (Fsp3) is 0.250. The number of rotatable bonds is 0. The molecular weight excluding hydrogens is 202 g/mol. The average Bonchev–Trinajstić information content (AvgIpc) is 2.63. The van der Waals surface area contributed by atoms with Crippen LogP contribution in [0, 0.1) is 0 Å². The molecule has 4 heteroatoms. The lowest BCUT2D eigenvalue weighted by atomic mass is 10.2. The van der Waals surface area contributed by atoms with E-state index in [2.05, 4.69) is 16.8 Å². The zero-order valence-corrected chi connectivity index (χ0v) is 9.03. The minimum Gasteiger partial charge on any atom is -0.399 e. The highest BCUT2D eigenvalue weighted by atomic mass is 16.2. The smallest absolute Gasteiger partial charge is 0.268 e. The highest BCUT2D eigenvalue weighted by Crippen LogP contribution is 2.27. The van der Waals surface area contributed by atoms with Gasteiger partial charge >= 0.3 is 0 Å². The molecule has 0 spiro atoms. The van der Waals surface area contributed by atoms with Crippen molar-refractivity contribution in [3.05, 3.63) is 30.0 Å². The molecule has 1 aliphatic heterocycles. The van der Waals surface area contributed by atoms with E-state index >= 15 is 0 Å². The Hall–Kier alpha value is -1.97. The van der Waals surface area contributed by atoms with Crippen LogP contribution in [-0.4, -0.2) is 17.0 Å². The van der Waals surface area contributed by atoms with Gasteiger partial charge < -0.3 is 15.6 Å². The molecule has 0 saturated heterocycles. The summed E-state index contributed by atoms with van der Waals surface area (Å²) in [5, 5.41) is 3.94. The van der Waals surface area contributed by atoms with Gasteiger partial charge in [-0.05, 0) is 25.1 Å². The van der Waals surface area contributed by atoms with Crippen molar-refractivity contribution < 1.29 is 4.79 Å². The number of nitrogens with zero attached hydrogens (tertiary/aromatic N) is 1. The number of hydrogen-bond donors (Lipinski definition) is 2. The molecule has 1 atom stereocenters. The van der Waals surface area contributed by atoms with Gasteiger partial charge in [-0.25, -0.2) is 0 Å². The van der Waals surface area contributed by atoms with Crippen molar-refractivity contribution in [3.63, 3.8) is 0 Å². The highest BCUT2D eigenvalue weighted by molar-refractivity contribution is 6.00. The second kappa shape index (κ2) is 3.01.